The lowest BCUT2D eigenvalue weighted by molar-refractivity contribution is -0.162. The molecule has 49 nitrogen and oxygen atoms in total. The minimum atomic E-state index is -1.21. The maximum Gasteiger partial charge on any atom is 0.330 e. The second-order valence-corrected chi connectivity index (χ2v) is 27.0. The molecule has 0 bridgehead atoms. The molecule has 0 aliphatic heterocycles. The lowest BCUT2D eigenvalue weighted by Gasteiger charge is -2.14. The molecule has 698 valence electrons. The van der Waals surface area contributed by atoms with E-state index in [1.165, 1.54) is 13.8 Å². The SMILES string of the molecule is CC(C)C[C@H](N)C(=O)O.CC(C)C[C@H](N)C(=O)OC[C@H](N)C(=O)O.CC(C)[C@H](N)C(=O)O.CC(C)[C@H](N)C(=O)O.CC(C)[C@H](N)C(=O)O.CC(C)[C@H](N)C(=O)O.CC(C)[C@H](N)C(=O)O.C[C@H](N)C(=O)O.C[C@H](N)C(=O)OC(=O)[C@@H](N)CCCCN.NCC(=O)O.NCC(=O)O.NCC(=O)O.NCCCC[C@H](N)C(=O)O.N[C@@H](CS)C(=O)O. The molecule has 0 aromatic heterocycles. The van der Waals surface area contributed by atoms with Gasteiger partial charge in [0.25, 0.3) is 0 Å². The normalized spacial score (nSPS) is 13.1. The molecule has 0 saturated carbocycles. The van der Waals surface area contributed by atoms with Gasteiger partial charge in [0.15, 0.2) is 0 Å². The molecule has 0 spiro atoms. The van der Waals surface area contributed by atoms with Crippen molar-refractivity contribution in [2.75, 3.05) is 45.1 Å². The topological polar surface area (TPSA) is 1020 Å². The van der Waals surface area contributed by atoms with E-state index in [0.717, 1.165) is 25.7 Å². The lowest BCUT2D eigenvalue weighted by Crippen LogP contribution is -2.40. The Hall–Kier alpha value is -8.65. The van der Waals surface area contributed by atoms with E-state index in [9.17, 15) is 76.7 Å². The molecular weight excluding hydrogens is 1580 g/mol. The first kappa shape index (κ1) is 140. The van der Waals surface area contributed by atoms with Crippen LogP contribution in [0.1, 0.15) is 162 Å². The number of thiol groups is 1. The first-order valence-corrected chi connectivity index (χ1v) is 36.4. The number of ether oxygens (including phenoxy) is 2. The highest BCUT2D eigenvalue weighted by atomic mass is 32.1. The van der Waals surface area contributed by atoms with E-state index in [1.807, 2.05) is 27.7 Å². The third-order valence-corrected chi connectivity index (χ3v) is 12.8. The zero-order valence-corrected chi connectivity index (χ0v) is 71.0. The zero-order chi connectivity index (χ0) is 96.8. The molecule has 0 amide bonds. The summed E-state index contributed by atoms with van der Waals surface area (Å²) in [4.78, 5) is 161. The van der Waals surface area contributed by atoms with Gasteiger partial charge in [0.2, 0.25) is 0 Å². The van der Waals surface area contributed by atoms with Gasteiger partial charge in [-0.3, -0.25) is 67.1 Å². The van der Waals surface area contributed by atoms with E-state index >= 15 is 0 Å². The number of aliphatic carboxylic acids is 13. The van der Waals surface area contributed by atoms with Gasteiger partial charge in [-0.1, -0.05) is 110 Å². The number of hydrogen-bond donors (Lipinski definition) is 32. The molecule has 0 saturated heterocycles. The van der Waals surface area contributed by atoms with Crippen molar-refractivity contribution in [1.29, 1.82) is 0 Å². The van der Waals surface area contributed by atoms with Crippen molar-refractivity contribution in [1.82, 2.24) is 0 Å². The number of carbonyl (C=O) groups is 16. The smallest absolute Gasteiger partial charge is 0.330 e. The Balaban J connectivity index is -0.0000000824. The lowest BCUT2D eigenvalue weighted by atomic mass is 10.1. The summed E-state index contributed by atoms with van der Waals surface area (Å²) >= 11 is 3.65. The first-order valence-electron chi connectivity index (χ1n) is 35.7. The van der Waals surface area contributed by atoms with Crippen LogP contribution in [0.5, 0.6) is 0 Å². The number of carbonyl (C=O) groups excluding carboxylic acids is 3. The Labute approximate surface area is 688 Å². The van der Waals surface area contributed by atoms with Crippen LogP contribution in [0.4, 0.5) is 0 Å². The van der Waals surface area contributed by atoms with Crippen molar-refractivity contribution in [2.45, 2.75) is 241 Å². The number of unbranched alkanes of at least 4 members (excludes halogenated alkanes) is 2. The highest BCUT2D eigenvalue weighted by molar-refractivity contribution is 7.80. The van der Waals surface area contributed by atoms with Gasteiger partial charge < -0.3 is 179 Å². The van der Waals surface area contributed by atoms with E-state index in [1.54, 1.807) is 69.2 Å². The number of rotatable bonds is 36. The monoisotopic (exact) mass is 1730 g/mol. The molecule has 0 aromatic rings. The predicted octanol–water partition coefficient (Wildman–Crippen LogP) is -5.75. The fourth-order valence-corrected chi connectivity index (χ4v) is 4.75. The van der Waals surface area contributed by atoms with E-state index in [0.29, 0.717) is 44.7 Å². The Kier molecular flexibility index (Phi) is 108. The molecule has 0 aromatic carbocycles. The summed E-state index contributed by atoms with van der Waals surface area (Å²) in [5, 5.41) is 105. The summed E-state index contributed by atoms with van der Waals surface area (Å²) < 4.78 is 9.10. The van der Waals surface area contributed by atoms with Crippen LogP contribution in [0.25, 0.3) is 0 Å². The van der Waals surface area contributed by atoms with Crippen molar-refractivity contribution < 1.29 is 153 Å². The average Bonchev–Trinajstić information content (AvgIpc) is 0.936. The van der Waals surface area contributed by atoms with Crippen molar-refractivity contribution >= 4 is 108 Å². The first-order chi connectivity index (χ1) is 52.9. The van der Waals surface area contributed by atoms with Crippen LogP contribution in [0.15, 0.2) is 0 Å². The molecule has 0 aliphatic rings. The number of carboxylic acid groups (broad SMARTS) is 13. The number of hydrogen-bond acceptors (Lipinski definition) is 37. The van der Waals surface area contributed by atoms with Gasteiger partial charge in [0.1, 0.15) is 85.2 Å². The van der Waals surface area contributed by atoms with E-state index in [-0.39, 0.29) is 67.5 Å². The summed E-state index contributed by atoms with van der Waals surface area (Å²) in [6, 6.07) is -10.0. The average molecular weight is 1730 g/mol. The Morgan fingerprint density at radius 2 is 0.496 bits per heavy atom. The van der Waals surface area contributed by atoms with E-state index in [2.05, 4.69) is 39.3 Å². The highest BCUT2D eigenvalue weighted by Crippen LogP contribution is 2.06. The minimum Gasteiger partial charge on any atom is -0.480 e. The Morgan fingerprint density at radius 3 is 0.632 bits per heavy atom. The Bertz CT molecular complexity index is 2490. The van der Waals surface area contributed by atoms with Gasteiger partial charge in [0.05, 0.1) is 19.6 Å². The molecule has 0 heterocycles. The molecule has 13 atom stereocenters. The molecule has 49 N–H and O–H groups in total. The molecule has 0 aliphatic carbocycles. The summed E-state index contributed by atoms with van der Waals surface area (Å²) in [6.07, 6.45) is 5.21. The summed E-state index contributed by atoms with van der Waals surface area (Å²) in [6.45, 7) is 28.4. The van der Waals surface area contributed by atoms with Crippen molar-refractivity contribution in [3.63, 3.8) is 0 Å². The predicted molar refractivity (Wildman–Crippen MR) is 436 cm³/mol. The van der Waals surface area contributed by atoms with Crippen LogP contribution in [0.2, 0.25) is 0 Å². The van der Waals surface area contributed by atoms with Crippen LogP contribution in [0.3, 0.4) is 0 Å². The van der Waals surface area contributed by atoms with Gasteiger partial charge in [-0.25, -0.2) is 9.59 Å². The van der Waals surface area contributed by atoms with Gasteiger partial charge >= 0.3 is 95.5 Å². The summed E-state index contributed by atoms with van der Waals surface area (Å²) in [5.74, 6) is -13.7. The minimum absolute atomic E-state index is 0.0208. The van der Waals surface area contributed by atoms with Crippen LogP contribution in [0, 0.1) is 41.4 Å². The molecule has 0 radical (unpaired) electrons. The largest absolute Gasteiger partial charge is 0.480 e. The number of nitrogens with two attached hydrogens (primary N) is 18. The summed E-state index contributed by atoms with van der Waals surface area (Å²) in [5.41, 5.74) is 91.6. The molecule has 0 unspecified atom stereocenters. The van der Waals surface area contributed by atoms with Gasteiger partial charge in [-0.15, -0.1) is 0 Å². The maximum absolute atomic E-state index is 11.2. The summed E-state index contributed by atoms with van der Waals surface area (Å²) in [7, 11) is 0. The standard InChI is InChI=1S/C9H19N3O3.C9H18N2O4.C6H14N2O2.C6H13NO2.5C5H11NO2.C3H7NO2S.C3H7NO2.3C2H5NO2/c1-6(11)8(13)15-9(14)7(12)4-2-3-5-10;1-5(2)3-6(10)9(14)15-4-7(11)8(12)13;7-4-2-1-3-5(8)6(9)10;1-4(2)3-5(7)6(8)9;5*1-3(2)4(6)5(7)8;4-2(1-7)3(5)6;1-2(4)3(5)6;3*3-1-2(4)5/h6-7H,2-5,10-12H2,1H3;5-7H,3-4,10-11H2,1-2H3,(H,12,13);5H,1-4,7-8H2,(H,9,10);4-5H,3,7H2,1-2H3,(H,8,9);5*3-4H,6H2,1-2H3,(H,7,8);2,7H,1,4H2,(H,5,6);2H,4H2,1H3,(H,5,6);3*1,3H2,(H,4,5)/t2*6-,7-;2*5-;5*4-;2*2-;;;/m00000000000.../s1. The zero-order valence-electron chi connectivity index (χ0n) is 70.2. The van der Waals surface area contributed by atoms with Gasteiger partial charge in [0, 0.05) is 5.75 Å². The third kappa shape index (κ3) is 123. The quantitative estimate of drug-likeness (QED) is 0.0120. The van der Waals surface area contributed by atoms with Crippen LogP contribution < -0.4 is 103 Å². The highest BCUT2D eigenvalue weighted by Gasteiger charge is 2.23. The fraction of sp³-hybridized carbons (Fsp3) is 0.761. The number of esters is 3. The van der Waals surface area contributed by atoms with Crippen molar-refractivity contribution in [3.05, 3.63) is 0 Å². The van der Waals surface area contributed by atoms with Crippen molar-refractivity contribution in [3.8, 4) is 0 Å². The fourth-order valence-electron chi connectivity index (χ4n) is 4.59. The number of carboxylic acids is 13. The molecule has 50 heteroatoms. The van der Waals surface area contributed by atoms with E-state index in [4.69, 9.17) is 152 Å². The second kappa shape index (κ2) is 89.7. The maximum atomic E-state index is 11.2. The molecular formula is C67H148N18O31S. The molecule has 117 heavy (non-hydrogen) atoms. The molecule has 0 fully saturated rings. The van der Waals surface area contributed by atoms with Gasteiger partial charge in [-0.05, 0) is 107 Å². The van der Waals surface area contributed by atoms with Gasteiger partial charge in [-0.2, -0.15) is 12.6 Å². The molecule has 0 rings (SSSR count). The second-order valence-electron chi connectivity index (χ2n) is 26.6. The Morgan fingerprint density at radius 1 is 0.274 bits per heavy atom. The van der Waals surface area contributed by atoms with Crippen LogP contribution >= 0.6 is 12.6 Å². The van der Waals surface area contributed by atoms with E-state index < -0.39 is 174 Å². The van der Waals surface area contributed by atoms with Crippen LogP contribution in [-0.4, -0.2) is 286 Å². The van der Waals surface area contributed by atoms with Crippen molar-refractivity contribution in [2.24, 2.45) is 145 Å². The van der Waals surface area contributed by atoms with Crippen LogP contribution in [-0.2, 0) is 86.2 Å². The third-order valence-electron chi connectivity index (χ3n) is 12.4.